The maximum Gasteiger partial charge on any atom is 0.331 e. The Kier molecular flexibility index (Phi) is 4.53. The Labute approximate surface area is 120 Å². The molecule has 1 aliphatic carbocycles. The molecular weight excluding hydrogens is 254 g/mol. The zero-order chi connectivity index (χ0) is 14.6. The molecule has 0 heterocycles. The number of esters is 1. The topological polar surface area (TPSA) is 47.6 Å². The summed E-state index contributed by atoms with van der Waals surface area (Å²) in [4.78, 5) is 12.4. The predicted molar refractivity (Wildman–Crippen MR) is 79.0 cm³/mol. The van der Waals surface area contributed by atoms with Gasteiger partial charge in [-0.05, 0) is 30.9 Å². The molecule has 0 saturated heterocycles. The third kappa shape index (κ3) is 2.60. The van der Waals surface area contributed by atoms with Crippen LogP contribution in [-0.4, -0.2) is 25.7 Å². The highest BCUT2D eigenvalue weighted by Gasteiger charge is 2.46. The molecule has 1 aliphatic rings. The van der Waals surface area contributed by atoms with Gasteiger partial charge in [0.05, 0.1) is 19.9 Å². The van der Waals surface area contributed by atoms with Gasteiger partial charge in [0.25, 0.3) is 0 Å². The Morgan fingerprint density at radius 2 is 2.05 bits per heavy atom. The lowest BCUT2D eigenvalue weighted by atomic mass is 9.73. The van der Waals surface area contributed by atoms with Gasteiger partial charge in [-0.1, -0.05) is 31.9 Å². The van der Waals surface area contributed by atoms with Gasteiger partial charge in [0.15, 0.2) is 0 Å². The molecule has 1 saturated carbocycles. The van der Waals surface area contributed by atoms with E-state index in [0.29, 0.717) is 0 Å². The van der Waals surface area contributed by atoms with Crippen LogP contribution in [0.2, 0.25) is 0 Å². The van der Waals surface area contributed by atoms with E-state index in [1.54, 1.807) is 7.11 Å². The number of ether oxygens (including phenoxy) is 2. The molecule has 0 spiro atoms. The van der Waals surface area contributed by atoms with Crippen LogP contribution in [0, 0.1) is 5.92 Å². The molecular formula is C16H23NO3. The molecule has 4 heteroatoms. The first-order chi connectivity index (χ1) is 9.64. The highest BCUT2D eigenvalue weighted by Crippen LogP contribution is 2.39. The lowest BCUT2D eigenvalue weighted by molar-refractivity contribution is -0.149. The van der Waals surface area contributed by atoms with Crippen LogP contribution in [0.5, 0.6) is 5.75 Å². The number of nitrogens with one attached hydrogen (secondary N) is 1. The standard InChI is InChI=1S/C16H23NO3/c1-12-8-6-7-11-16(12,15(18)20-3)17-13-9-4-5-10-14(13)19-2/h4-5,9-10,12,17H,6-8,11H2,1-3H3. The summed E-state index contributed by atoms with van der Waals surface area (Å²) >= 11 is 0. The van der Waals surface area contributed by atoms with Gasteiger partial charge in [-0.3, -0.25) is 0 Å². The first-order valence-electron chi connectivity index (χ1n) is 7.13. The van der Waals surface area contributed by atoms with Crippen molar-refractivity contribution in [3.8, 4) is 5.75 Å². The number of para-hydroxylation sites is 2. The molecule has 2 atom stereocenters. The maximum atomic E-state index is 12.4. The van der Waals surface area contributed by atoms with Crippen LogP contribution in [0.25, 0.3) is 0 Å². The van der Waals surface area contributed by atoms with Crippen molar-refractivity contribution in [3.63, 3.8) is 0 Å². The average Bonchev–Trinajstić information content (AvgIpc) is 2.49. The molecule has 0 amide bonds. The molecule has 1 aromatic carbocycles. The first kappa shape index (κ1) is 14.7. The molecule has 0 aliphatic heterocycles. The van der Waals surface area contributed by atoms with Gasteiger partial charge in [-0.25, -0.2) is 4.79 Å². The zero-order valence-corrected chi connectivity index (χ0v) is 12.4. The van der Waals surface area contributed by atoms with Crippen molar-refractivity contribution < 1.29 is 14.3 Å². The van der Waals surface area contributed by atoms with Gasteiger partial charge in [0.2, 0.25) is 0 Å². The molecule has 1 fully saturated rings. The van der Waals surface area contributed by atoms with Crippen LogP contribution in [-0.2, 0) is 9.53 Å². The van der Waals surface area contributed by atoms with Crippen LogP contribution in [0.4, 0.5) is 5.69 Å². The normalized spacial score (nSPS) is 25.9. The Balaban J connectivity index is 2.35. The van der Waals surface area contributed by atoms with E-state index in [9.17, 15) is 4.79 Å². The largest absolute Gasteiger partial charge is 0.495 e. The van der Waals surface area contributed by atoms with Gasteiger partial charge in [-0.2, -0.15) is 0 Å². The number of methoxy groups -OCH3 is 2. The van der Waals surface area contributed by atoms with Gasteiger partial charge in [0.1, 0.15) is 11.3 Å². The smallest absolute Gasteiger partial charge is 0.331 e. The monoisotopic (exact) mass is 277 g/mol. The van der Waals surface area contributed by atoms with Gasteiger partial charge in [-0.15, -0.1) is 0 Å². The van der Waals surface area contributed by atoms with Crippen LogP contribution in [0.15, 0.2) is 24.3 Å². The lowest BCUT2D eigenvalue weighted by Crippen LogP contribution is -2.54. The lowest BCUT2D eigenvalue weighted by Gasteiger charge is -2.41. The second-order valence-corrected chi connectivity index (χ2v) is 5.44. The Bertz CT molecular complexity index is 475. The van der Waals surface area contributed by atoms with Crippen molar-refractivity contribution in [2.45, 2.75) is 38.1 Å². The molecule has 2 rings (SSSR count). The molecule has 20 heavy (non-hydrogen) atoms. The fourth-order valence-corrected chi connectivity index (χ4v) is 3.06. The van der Waals surface area contributed by atoms with Crippen molar-refractivity contribution in [1.82, 2.24) is 0 Å². The fraction of sp³-hybridized carbons (Fsp3) is 0.562. The quantitative estimate of drug-likeness (QED) is 0.858. The van der Waals surface area contributed by atoms with Crippen LogP contribution < -0.4 is 10.1 Å². The van der Waals surface area contributed by atoms with E-state index >= 15 is 0 Å². The number of carbonyl (C=O) groups excluding carboxylic acids is 1. The molecule has 4 nitrogen and oxygen atoms in total. The molecule has 110 valence electrons. The van der Waals surface area contributed by atoms with Gasteiger partial charge < -0.3 is 14.8 Å². The fourth-order valence-electron chi connectivity index (χ4n) is 3.06. The first-order valence-corrected chi connectivity index (χ1v) is 7.13. The summed E-state index contributed by atoms with van der Waals surface area (Å²) in [5.41, 5.74) is 0.191. The number of anilines is 1. The van der Waals surface area contributed by atoms with Crippen molar-refractivity contribution in [2.75, 3.05) is 19.5 Å². The highest BCUT2D eigenvalue weighted by atomic mass is 16.5. The van der Waals surface area contributed by atoms with Crippen LogP contribution in [0.3, 0.4) is 0 Å². The number of benzene rings is 1. The van der Waals surface area contributed by atoms with E-state index in [1.807, 2.05) is 24.3 Å². The predicted octanol–water partition coefficient (Wildman–Crippen LogP) is 3.23. The van der Waals surface area contributed by atoms with Crippen molar-refractivity contribution in [3.05, 3.63) is 24.3 Å². The minimum atomic E-state index is -0.651. The zero-order valence-electron chi connectivity index (χ0n) is 12.4. The summed E-state index contributed by atoms with van der Waals surface area (Å²) in [6.07, 6.45) is 4.01. The van der Waals surface area contributed by atoms with Crippen molar-refractivity contribution in [1.29, 1.82) is 0 Å². The van der Waals surface area contributed by atoms with Crippen LogP contribution in [0.1, 0.15) is 32.6 Å². The Morgan fingerprint density at radius 3 is 2.70 bits per heavy atom. The minimum absolute atomic E-state index is 0.185. The summed E-state index contributed by atoms with van der Waals surface area (Å²) in [6.45, 7) is 2.11. The third-order valence-corrected chi connectivity index (χ3v) is 4.31. The summed E-state index contributed by atoms with van der Waals surface area (Å²) in [5.74, 6) is 0.790. The Hall–Kier alpha value is -1.71. The van der Waals surface area contributed by atoms with E-state index in [-0.39, 0.29) is 11.9 Å². The second kappa shape index (κ2) is 6.16. The SMILES string of the molecule is COC(=O)C1(Nc2ccccc2OC)CCCCC1C. The van der Waals surface area contributed by atoms with E-state index in [1.165, 1.54) is 7.11 Å². The molecule has 1 aromatic rings. The van der Waals surface area contributed by atoms with Crippen molar-refractivity contribution >= 4 is 11.7 Å². The molecule has 0 aromatic heterocycles. The highest BCUT2D eigenvalue weighted by molar-refractivity contribution is 5.85. The summed E-state index contributed by atoms with van der Waals surface area (Å²) in [6, 6.07) is 7.67. The van der Waals surface area contributed by atoms with E-state index in [2.05, 4.69) is 12.2 Å². The van der Waals surface area contributed by atoms with E-state index in [0.717, 1.165) is 37.1 Å². The third-order valence-electron chi connectivity index (χ3n) is 4.31. The minimum Gasteiger partial charge on any atom is -0.495 e. The number of rotatable bonds is 4. The van der Waals surface area contributed by atoms with Gasteiger partial charge >= 0.3 is 5.97 Å². The van der Waals surface area contributed by atoms with Gasteiger partial charge in [0, 0.05) is 0 Å². The average molecular weight is 277 g/mol. The second-order valence-electron chi connectivity index (χ2n) is 5.44. The molecule has 0 radical (unpaired) electrons. The molecule has 2 unspecified atom stereocenters. The maximum absolute atomic E-state index is 12.4. The summed E-state index contributed by atoms with van der Waals surface area (Å²) < 4.78 is 10.4. The summed E-state index contributed by atoms with van der Waals surface area (Å²) in [5, 5.41) is 3.41. The molecule has 0 bridgehead atoms. The Morgan fingerprint density at radius 1 is 1.30 bits per heavy atom. The van der Waals surface area contributed by atoms with Crippen molar-refractivity contribution in [2.24, 2.45) is 5.92 Å². The van der Waals surface area contributed by atoms with E-state index < -0.39 is 5.54 Å². The number of hydrogen-bond acceptors (Lipinski definition) is 4. The molecule has 1 N–H and O–H groups in total. The van der Waals surface area contributed by atoms with E-state index in [4.69, 9.17) is 9.47 Å². The number of carbonyl (C=O) groups is 1. The van der Waals surface area contributed by atoms with Crippen LogP contribution >= 0.6 is 0 Å². The summed E-state index contributed by atoms with van der Waals surface area (Å²) in [7, 11) is 3.09. The number of hydrogen-bond donors (Lipinski definition) is 1.